The minimum absolute atomic E-state index is 0.166. The fourth-order valence-corrected chi connectivity index (χ4v) is 2.89. The van der Waals surface area contributed by atoms with Crippen LogP contribution in [-0.2, 0) is 4.74 Å². The second-order valence-corrected chi connectivity index (χ2v) is 5.65. The van der Waals surface area contributed by atoms with Crippen LogP contribution in [0.15, 0.2) is 18.2 Å². The first kappa shape index (κ1) is 14.6. The molecule has 2 aliphatic rings. The van der Waals surface area contributed by atoms with Crippen LogP contribution in [-0.4, -0.2) is 45.5 Å². The summed E-state index contributed by atoms with van der Waals surface area (Å²) in [5.74, 6) is 0.539. The van der Waals surface area contributed by atoms with Crippen molar-refractivity contribution >= 4 is 5.69 Å². The summed E-state index contributed by atoms with van der Waals surface area (Å²) in [5, 5.41) is 3.31. The van der Waals surface area contributed by atoms with Crippen LogP contribution in [0, 0.1) is 5.82 Å². The van der Waals surface area contributed by atoms with E-state index in [2.05, 4.69) is 10.2 Å². The molecule has 2 heterocycles. The molecule has 21 heavy (non-hydrogen) atoms. The molecule has 2 fully saturated rings. The lowest BCUT2D eigenvalue weighted by Gasteiger charge is -2.31. The van der Waals surface area contributed by atoms with Gasteiger partial charge >= 0.3 is 0 Å². The van der Waals surface area contributed by atoms with Crippen molar-refractivity contribution in [2.45, 2.75) is 25.4 Å². The molecule has 0 aromatic heterocycles. The molecule has 2 aliphatic heterocycles. The van der Waals surface area contributed by atoms with E-state index in [1.165, 1.54) is 12.5 Å². The van der Waals surface area contributed by atoms with E-state index in [4.69, 9.17) is 9.47 Å². The molecule has 1 aromatic carbocycles. The zero-order valence-electron chi connectivity index (χ0n) is 12.3. The molecule has 2 saturated heterocycles. The van der Waals surface area contributed by atoms with Gasteiger partial charge < -0.3 is 19.7 Å². The molecule has 0 radical (unpaired) electrons. The van der Waals surface area contributed by atoms with Gasteiger partial charge in [0.2, 0.25) is 0 Å². The first-order valence-corrected chi connectivity index (χ1v) is 7.82. The Kier molecular flexibility index (Phi) is 4.93. The van der Waals surface area contributed by atoms with Gasteiger partial charge in [-0.1, -0.05) is 0 Å². The average Bonchev–Trinajstić information content (AvgIpc) is 2.55. The maximum atomic E-state index is 13.6. The molecule has 1 unspecified atom stereocenters. The molecule has 116 valence electrons. The summed E-state index contributed by atoms with van der Waals surface area (Å²) in [5.41, 5.74) is 0.854. The third kappa shape index (κ3) is 3.86. The number of benzene rings is 1. The Morgan fingerprint density at radius 2 is 2.14 bits per heavy atom. The molecule has 5 heteroatoms. The van der Waals surface area contributed by atoms with Crippen molar-refractivity contribution in [2.24, 2.45) is 0 Å². The van der Waals surface area contributed by atoms with Gasteiger partial charge in [0.25, 0.3) is 0 Å². The summed E-state index contributed by atoms with van der Waals surface area (Å²) in [4.78, 5) is 2.18. The van der Waals surface area contributed by atoms with Gasteiger partial charge in [0.15, 0.2) is 0 Å². The van der Waals surface area contributed by atoms with Crippen LogP contribution in [0.3, 0.4) is 0 Å². The molecule has 0 amide bonds. The summed E-state index contributed by atoms with van der Waals surface area (Å²) in [6.45, 7) is 4.95. The SMILES string of the molecule is Fc1ccc(OCC2CCCCO2)c(N2CCNCC2)c1. The van der Waals surface area contributed by atoms with E-state index < -0.39 is 0 Å². The fourth-order valence-electron chi connectivity index (χ4n) is 2.89. The maximum absolute atomic E-state index is 13.6. The highest BCUT2D eigenvalue weighted by molar-refractivity contribution is 5.59. The Balaban J connectivity index is 1.68. The van der Waals surface area contributed by atoms with Crippen LogP contribution in [0.4, 0.5) is 10.1 Å². The van der Waals surface area contributed by atoms with Gasteiger partial charge in [0.05, 0.1) is 11.8 Å². The van der Waals surface area contributed by atoms with Crippen LogP contribution < -0.4 is 15.0 Å². The number of anilines is 1. The Morgan fingerprint density at radius 1 is 1.29 bits per heavy atom. The van der Waals surface area contributed by atoms with Crippen molar-refractivity contribution in [2.75, 3.05) is 44.3 Å². The Morgan fingerprint density at radius 3 is 2.90 bits per heavy atom. The Labute approximate surface area is 125 Å². The van der Waals surface area contributed by atoms with Crippen molar-refractivity contribution in [3.05, 3.63) is 24.0 Å². The normalized spacial score (nSPS) is 23.1. The van der Waals surface area contributed by atoms with Crippen molar-refractivity contribution in [1.29, 1.82) is 0 Å². The lowest BCUT2D eigenvalue weighted by Crippen LogP contribution is -2.43. The first-order valence-electron chi connectivity index (χ1n) is 7.82. The molecule has 0 spiro atoms. The number of ether oxygens (including phenoxy) is 2. The number of hydrogen-bond acceptors (Lipinski definition) is 4. The molecule has 1 N–H and O–H groups in total. The fraction of sp³-hybridized carbons (Fsp3) is 0.625. The predicted molar refractivity (Wildman–Crippen MR) is 80.6 cm³/mol. The van der Waals surface area contributed by atoms with Gasteiger partial charge in [0, 0.05) is 38.9 Å². The van der Waals surface area contributed by atoms with Crippen LogP contribution in [0.1, 0.15) is 19.3 Å². The maximum Gasteiger partial charge on any atom is 0.142 e. The van der Waals surface area contributed by atoms with Crippen LogP contribution in [0.25, 0.3) is 0 Å². The minimum atomic E-state index is -0.218. The highest BCUT2D eigenvalue weighted by Crippen LogP contribution is 2.30. The summed E-state index contributed by atoms with van der Waals surface area (Å²) in [7, 11) is 0. The number of piperazine rings is 1. The largest absolute Gasteiger partial charge is 0.489 e. The predicted octanol–water partition coefficient (Wildman–Crippen LogP) is 2.18. The summed E-state index contributed by atoms with van der Waals surface area (Å²) in [6, 6.07) is 4.76. The zero-order chi connectivity index (χ0) is 14.5. The van der Waals surface area contributed by atoms with Crippen LogP contribution in [0.2, 0.25) is 0 Å². The molecule has 0 aliphatic carbocycles. The topological polar surface area (TPSA) is 33.7 Å². The van der Waals surface area contributed by atoms with Gasteiger partial charge in [-0.3, -0.25) is 0 Å². The molecule has 1 atom stereocenters. The van der Waals surface area contributed by atoms with Gasteiger partial charge in [-0.25, -0.2) is 4.39 Å². The van der Waals surface area contributed by atoms with Gasteiger partial charge in [-0.2, -0.15) is 0 Å². The molecular formula is C16H23FN2O2. The standard InChI is InChI=1S/C16H23FN2O2/c17-13-4-5-16(21-12-14-3-1-2-10-20-14)15(11-13)19-8-6-18-7-9-19/h4-5,11,14,18H,1-3,6-10,12H2. The number of halogens is 1. The Bertz CT molecular complexity index is 458. The third-order valence-electron chi connectivity index (χ3n) is 4.08. The molecule has 4 nitrogen and oxygen atoms in total. The summed E-state index contributed by atoms with van der Waals surface area (Å²) >= 11 is 0. The number of nitrogens with zero attached hydrogens (tertiary/aromatic N) is 1. The molecular weight excluding hydrogens is 271 g/mol. The summed E-state index contributed by atoms with van der Waals surface area (Å²) in [6.07, 6.45) is 3.55. The van der Waals surface area contributed by atoms with Gasteiger partial charge in [-0.05, 0) is 31.4 Å². The number of hydrogen-bond donors (Lipinski definition) is 1. The van der Waals surface area contributed by atoms with Crippen molar-refractivity contribution in [1.82, 2.24) is 5.32 Å². The quantitative estimate of drug-likeness (QED) is 0.923. The zero-order valence-corrected chi connectivity index (χ0v) is 12.3. The number of rotatable bonds is 4. The number of nitrogens with one attached hydrogen (secondary N) is 1. The Hall–Kier alpha value is -1.33. The highest BCUT2D eigenvalue weighted by atomic mass is 19.1. The molecule has 1 aromatic rings. The molecule has 0 saturated carbocycles. The molecule has 3 rings (SSSR count). The monoisotopic (exact) mass is 294 g/mol. The van der Waals surface area contributed by atoms with Crippen molar-refractivity contribution in [3.63, 3.8) is 0 Å². The van der Waals surface area contributed by atoms with E-state index in [1.807, 2.05) is 0 Å². The van der Waals surface area contributed by atoms with Crippen molar-refractivity contribution < 1.29 is 13.9 Å². The smallest absolute Gasteiger partial charge is 0.142 e. The highest BCUT2D eigenvalue weighted by Gasteiger charge is 2.19. The average molecular weight is 294 g/mol. The van der Waals surface area contributed by atoms with E-state index in [1.54, 1.807) is 12.1 Å². The minimum Gasteiger partial charge on any atom is -0.489 e. The first-order chi connectivity index (χ1) is 10.3. The van der Waals surface area contributed by atoms with Crippen LogP contribution in [0.5, 0.6) is 5.75 Å². The van der Waals surface area contributed by atoms with E-state index >= 15 is 0 Å². The summed E-state index contributed by atoms with van der Waals surface area (Å²) < 4.78 is 25.2. The van der Waals surface area contributed by atoms with E-state index in [9.17, 15) is 4.39 Å². The molecule has 0 bridgehead atoms. The van der Waals surface area contributed by atoms with E-state index in [0.29, 0.717) is 6.61 Å². The van der Waals surface area contributed by atoms with E-state index in [-0.39, 0.29) is 11.9 Å². The second-order valence-electron chi connectivity index (χ2n) is 5.65. The van der Waals surface area contributed by atoms with Crippen molar-refractivity contribution in [3.8, 4) is 5.75 Å². The van der Waals surface area contributed by atoms with Gasteiger partial charge in [0.1, 0.15) is 18.2 Å². The van der Waals surface area contributed by atoms with E-state index in [0.717, 1.165) is 57.1 Å². The van der Waals surface area contributed by atoms with Crippen LogP contribution >= 0.6 is 0 Å². The second kappa shape index (κ2) is 7.09. The van der Waals surface area contributed by atoms with Gasteiger partial charge in [-0.15, -0.1) is 0 Å². The lowest BCUT2D eigenvalue weighted by molar-refractivity contribution is -0.0109. The lowest BCUT2D eigenvalue weighted by atomic mass is 10.1. The third-order valence-corrected chi connectivity index (χ3v) is 4.08.